The zero-order valence-corrected chi connectivity index (χ0v) is 22.1. The SMILES string of the molecule is CCc1cc(C)cc(OCCOc2c(Cl)cc(/C=C(/C#N)C(=O)Nc3nnc(CC)s3)cc2OC)c1. The third-order valence-corrected chi connectivity index (χ3v) is 6.30. The van der Waals surface area contributed by atoms with E-state index in [9.17, 15) is 10.1 Å². The highest BCUT2D eigenvalue weighted by Crippen LogP contribution is 2.37. The number of methoxy groups -OCH3 is 1. The normalized spacial score (nSPS) is 11.1. The Hall–Kier alpha value is -3.61. The Kier molecular flexibility index (Phi) is 9.68. The molecular formula is C26H27ClN4O4S. The third kappa shape index (κ3) is 7.20. The summed E-state index contributed by atoms with van der Waals surface area (Å²) in [5.74, 6) is 0.913. The third-order valence-electron chi connectivity index (χ3n) is 5.03. The van der Waals surface area contributed by atoms with Crippen LogP contribution in [0.2, 0.25) is 5.02 Å². The minimum absolute atomic E-state index is 0.118. The number of carbonyl (C=O) groups is 1. The van der Waals surface area contributed by atoms with Crippen molar-refractivity contribution in [3.05, 3.63) is 62.6 Å². The molecule has 0 fully saturated rings. The maximum Gasteiger partial charge on any atom is 0.268 e. The molecule has 8 nitrogen and oxygen atoms in total. The van der Waals surface area contributed by atoms with Crippen LogP contribution in [0.15, 0.2) is 35.9 Å². The van der Waals surface area contributed by atoms with E-state index < -0.39 is 5.91 Å². The fourth-order valence-corrected chi connectivity index (χ4v) is 4.25. The Morgan fingerprint density at radius 3 is 2.58 bits per heavy atom. The Morgan fingerprint density at radius 1 is 1.14 bits per heavy atom. The minimum Gasteiger partial charge on any atom is -0.493 e. The van der Waals surface area contributed by atoms with Gasteiger partial charge in [0.05, 0.1) is 12.1 Å². The molecule has 36 heavy (non-hydrogen) atoms. The summed E-state index contributed by atoms with van der Waals surface area (Å²) in [6.45, 7) is 6.63. The van der Waals surface area contributed by atoms with E-state index in [1.165, 1.54) is 30.1 Å². The van der Waals surface area contributed by atoms with Gasteiger partial charge in [0, 0.05) is 0 Å². The van der Waals surface area contributed by atoms with E-state index >= 15 is 0 Å². The van der Waals surface area contributed by atoms with Crippen molar-refractivity contribution >= 4 is 40.1 Å². The van der Waals surface area contributed by atoms with Gasteiger partial charge < -0.3 is 14.2 Å². The van der Waals surface area contributed by atoms with Gasteiger partial charge in [-0.15, -0.1) is 10.2 Å². The fourth-order valence-electron chi connectivity index (χ4n) is 3.31. The molecule has 0 unspecified atom stereocenters. The molecule has 0 atom stereocenters. The Balaban J connectivity index is 1.68. The predicted octanol–water partition coefficient (Wildman–Crippen LogP) is 5.64. The lowest BCUT2D eigenvalue weighted by Crippen LogP contribution is -2.13. The van der Waals surface area contributed by atoms with E-state index in [-0.39, 0.29) is 17.2 Å². The van der Waals surface area contributed by atoms with Crippen LogP contribution >= 0.6 is 22.9 Å². The lowest BCUT2D eigenvalue weighted by Gasteiger charge is -2.14. The number of amides is 1. The largest absolute Gasteiger partial charge is 0.493 e. The molecule has 1 amide bonds. The van der Waals surface area contributed by atoms with Gasteiger partial charge in [-0.25, -0.2) is 0 Å². The average Bonchev–Trinajstić information content (AvgIpc) is 3.32. The molecule has 3 rings (SSSR count). The van der Waals surface area contributed by atoms with Crippen LogP contribution in [0.25, 0.3) is 6.08 Å². The van der Waals surface area contributed by atoms with Gasteiger partial charge in [-0.1, -0.05) is 42.9 Å². The minimum atomic E-state index is -0.591. The van der Waals surface area contributed by atoms with Crippen molar-refractivity contribution in [1.29, 1.82) is 5.26 Å². The van der Waals surface area contributed by atoms with Gasteiger partial charge >= 0.3 is 0 Å². The monoisotopic (exact) mass is 526 g/mol. The molecule has 0 aliphatic heterocycles. The molecular weight excluding hydrogens is 500 g/mol. The van der Waals surface area contributed by atoms with E-state index in [1.54, 1.807) is 12.1 Å². The second-order valence-electron chi connectivity index (χ2n) is 7.72. The van der Waals surface area contributed by atoms with Gasteiger partial charge in [0.1, 0.15) is 35.6 Å². The molecule has 188 valence electrons. The maximum atomic E-state index is 12.5. The number of carbonyl (C=O) groups excluding carboxylic acids is 1. The van der Waals surface area contributed by atoms with Crippen LogP contribution in [0.5, 0.6) is 17.2 Å². The van der Waals surface area contributed by atoms with Gasteiger partial charge in [0.2, 0.25) is 5.13 Å². The molecule has 0 aliphatic rings. The first-order valence-electron chi connectivity index (χ1n) is 11.4. The van der Waals surface area contributed by atoms with E-state index in [0.717, 1.165) is 22.7 Å². The molecule has 0 bridgehead atoms. The number of anilines is 1. The number of hydrogen-bond donors (Lipinski definition) is 1. The van der Waals surface area contributed by atoms with Crippen molar-refractivity contribution in [2.24, 2.45) is 0 Å². The van der Waals surface area contributed by atoms with Crippen LogP contribution in [-0.4, -0.2) is 36.4 Å². The van der Waals surface area contributed by atoms with Gasteiger partial charge in [-0.3, -0.25) is 10.1 Å². The van der Waals surface area contributed by atoms with Crippen molar-refractivity contribution in [1.82, 2.24) is 10.2 Å². The summed E-state index contributed by atoms with van der Waals surface area (Å²) in [6, 6.07) is 11.3. The van der Waals surface area contributed by atoms with Crippen molar-refractivity contribution in [2.45, 2.75) is 33.6 Å². The Morgan fingerprint density at radius 2 is 1.92 bits per heavy atom. The van der Waals surface area contributed by atoms with E-state index in [2.05, 4.69) is 28.5 Å². The van der Waals surface area contributed by atoms with E-state index in [1.807, 2.05) is 32.0 Å². The number of nitrogens with zero attached hydrogens (tertiary/aromatic N) is 3. The van der Waals surface area contributed by atoms with Crippen LogP contribution < -0.4 is 19.5 Å². The van der Waals surface area contributed by atoms with Gasteiger partial charge in [0.15, 0.2) is 11.5 Å². The topological polar surface area (TPSA) is 106 Å². The zero-order chi connectivity index (χ0) is 26.1. The standard InChI is InChI=1S/C26H27ClN4O4S/c1-5-17-9-16(3)10-20(12-17)34-7-8-35-24-21(27)13-18(14-22(24)33-4)11-19(15-28)25(32)29-26-31-30-23(6-2)36-26/h9-14H,5-8H2,1-4H3,(H,29,31,32)/b19-11-. The van der Waals surface area contributed by atoms with Gasteiger partial charge in [-0.2, -0.15) is 5.26 Å². The molecule has 1 N–H and O–H groups in total. The Labute approximate surface area is 219 Å². The van der Waals surface area contributed by atoms with Crippen LogP contribution in [0.4, 0.5) is 5.13 Å². The van der Waals surface area contributed by atoms with E-state index in [4.69, 9.17) is 25.8 Å². The van der Waals surface area contributed by atoms with Gasteiger partial charge in [0.25, 0.3) is 5.91 Å². The summed E-state index contributed by atoms with van der Waals surface area (Å²) in [4.78, 5) is 12.5. The zero-order valence-electron chi connectivity index (χ0n) is 20.6. The van der Waals surface area contributed by atoms with Gasteiger partial charge in [-0.05, 0) is 66.8 Å². The summed E-state index contributed by atoms with van der Waals surface area (Å²) in [6.07, 6.45) is 3.06. The lowest BCUT2D eigenvalue weighted by molar-refractivity contribution is -0.112. The summed E-state index contributed by atoms with van der Waals surface area (Å²) < 4.78 is 17.1. The van der Waals surface area contributed by atoms with Crippen LogP contribution in [0.1, 0.15) is 35.5 Å². The van der Waals surface area contributed by atoms with Crippen LogP contribution in [-0.2, 0) is 17.6 Å². The number of aromatic nitrogens is 2. The first kappa shape index (κ1) is 27.0. The first-order chi connectivity index (χ1) is 17.4. The second-order valence-corrected chi connectivity index (χ2v) is 9.19. The lowest BCUT2D eigenvalue weighted by atomic mass is 10.1. The molecule has 2 aromatic carbocycles. The van der Waals surface area contributed by atoms with Crippen LogP contribution in [0.3, 0.4) is 0 Å². The molecule has 0 saturated heterocycles. The maximum absolute atomic E-state index is 12.5. The summed E-state index contributed by atoms with van der Waals surface area (Å²) in [5.41, 5.74) is 2.73. The van der Waals surface area contributed by atoms with Crippen molar-refractivity contribution in [3.63, 3.8) is 0 Å². The number of halogens is 1. The van der Waals surface area contributed by atoms with Crippen molar-refractivity contribution in [3.8, 4) is 23.3 Å². The number of nitrogens with one attached hydrogen (secondary N) is 1. The molecule has 10 heteroatoms. The number of rotatable bonds is 11. The molecule has 0 saturated carbocycles. The number of benzene rings is 2. The molecule has 1 aromatic heterocycles. The van der Waals surface area contributed by atoms with Crippen molar-refractivity contribution in [2.75, 3.05) is 25.6 Å². The molecule has 0 radical (unpaired) electrons. The summed E-state index contributed by atoms with van der Waals surface area (Å²) in [7, 11) is 1.49. The highest BCUT2D eigenvalue weighted by molar-refractivity contribution is 7.15. The number of hydrogen-bond acceptors (Lipinski definition) is 8. The number of nitriles is 1. The average molecular weight is 527 g/mol. The summed E-state index contributed by atoms with van der Waals surface area (Å²) in [5, 5.41) is 21.4. The highest BCUT2D eigenvalue weighted by Gasteiger charge is 2.16. The predicted molar refractivity (Wildman–Crippen MR) is 141 cm³/mol. The fraction of sp³-hybridized carbons (Fsp3) is 0.308. The molecule has 0 spiro atoms. The molecule has 3 aromatic rings. The number of aryl methyl sites for hydroxylation is 3. The molecule has 0 aliphatic carbocycles. The highest BCUT2D eigenvalue weighted by atomic mass is 35.5. The second kappa shape index (κ2) is 12.9. The summed E-state index contributed by atoms with van der Waals surface area (Å²) >= 11 is 7.71. The van der Waals surface area contributed by atoms with Crippen molar-refractivity contribution < 1.29 is 19.0 Å². The first-order valence-corrected chi connectivity index (χ1v) is 12.6. The smallest absolute Gasteiger partial charge is 0.268 e. The number of ether oxygens (including phenoxy) is 3. The Bertz CT molecular complexity index is 1300. The van der Waals surface area contributed by atoms with Crippen LogP contribution in [0, 0.1) is 18.3 Å². The quantitative estimate of drug-likeness (QED) is 0.196. The van der Waals surface area contributed by atoms with E-state index in [0.29, 0.717) is 35.2 Å². The molecule has 1 heterocycles.